The maximum atomic E-state index is 13.1. The van der Waals surface area contributed by atoms with Gasteiger partial charge < -0.3 is 33.8 Å². The molecule has 0 fully saturated rings. The number of hydrogen-bond acceptors (Lipinski definition) is 15. The van der Waals surface area contributed by atoms with E-state index < -0.39 is 97.5 Å². The average molecular weight is 1520 g/mol. The molecule has 0 heterocycles. The van der Waals surface area contributed by atoms with Crippen LogP contribution in [0.25, 0.3) is 0 Å². The molecule has 0 saturated heterocycles. The van der Waals surface area contributed by atoms with Gasteiger partial charge in [0.25, 0.3) is 0 Å². The van der Waals surface area contributed by atoms with Crippen molar-refractivity contribution in [3.63, 3.8) is 0 Å². The van der Waals surface area contributed by atoms with E-state index in [0.717, 1.165) is 102 Å². The molecule has 104 heavy (non-hydrogen) atoms. The summed E-state index contributed by atoms with van der Waals surface area (Å²) >= 11 is 0. The number of carbonyl (C=O) groups excluding carboxylic acids is 4. The van der Waals surface area contributed by atoms with Crippen LogP contribution in [0.15, 0.2) is 0 Å². The Hall–Kier alpha value is -1.94. The number of rotatable bonds is 84. The number of carbonyl (C=O) groups is 4. The highest BCUT2D eigenvalue weighted by Crippen LogP contribution is 2.45. The Morgan fingerprint density at radius 2 is 0.442 bits per heavy atom. The first-order valence-electron chi connectivity index (χ1n) is 44.0. The minimum Gasteiger partial charge on any atom is -0.462 e. The number of ether oxygens (including phenoxy) is 4. The average Bonchev–Trinajstić information content (AvgIpc) is 0.911. The van der Waals surface area contributed by atoms with Gasteiger partial charge in [-0.2, -0.15) is 0 Å². The van der Waals surface area contributed by atoms with Gasteiger partial charge in [0, 0.05) is 25.7 Å². The van der Waals surface area contributed by atoms with E-state index in [-0.39, 0.29) is 25.7 Å². The lowest BCUT2D eigenvalue weighted by atomic mass is 10.0. The molecule has 0 spiro atoms. The summed E-state index contributed by atoms with van der Waals surface area (Å²) in [5, 5.41) is 10.7. The summed E-state index contributed by atoms with van der Waals surface area (Å²) in [6, 6.07) is 0. The molecule has 0 aromatic heterocycles. The predicted octanol–water partition coefficient (Wildman–Crippen LogP) is 25.8. The van der Waals surface area contributed by atoms with Gasteiger partial charge in [-0.05, 0) is 37.5 Å². The molecule has 5 atom stereocenters. The van der Waals surface area contributed by atoms with E-state index in [1.807, 2.05) is 0 Å². The van der Waals surface area contributed by atoms with E-state index in [2.05, 4.69) is 41.5 Å². The Balaban J connectivity index is 5.23. The van der Waals surface area contributed by atoms with Gasteiger partial charge in [0.15, 0.2) is 12.2 Å². The van der Waals surface area contributed by atoms with Crippen molar-refractivity contribution in [3.8, 4) is 0 Å². The molecule has 17 nitrogen and oxygen atoms in total. The first-order valence-corrected chi connectivity index (χ1v) is 47.0. The molecule has 19 heteroatoms. The van der Waals surface area contributed by atoms with Gasteiger partial charge in [-0.15, -0.1) is 0 Å². The molecule has 0 aliphatic carbocycles. The van der Waals surface area contributed by atoms with E-state index >= 15 is 0 Å². The largest absolute Gasteiger partial charge is 0.472 e. The zero-order valence-electron chi connectivity index (χ0n) is 68.3. The van der Waals surface area contributed by atoms with Crippen molar-refractivity contribution >= 4 is 39.5 Å². The second kappa shape index (κ2) is 76.4. The molecule has 0 aliphatic rings. The highest BCUT2D eigenvalue weighted by molar-refractivity contribution is 7.47. The molecular formula is C85H166O17P2. The maximum absolute atomic E-state index is 13.1. The van der Waals surface area contributed by atoms with Crippen LogP contribution in [0.4, 0.5) is 0 Å². The smallest absolute Gasteiger partial charge is 0.462 e. The molecule has 0 amide bonds. The lowest BCUT2D eigenvalue weighted by Gasteiger charge is -2.21. The zero-order valence-corrected chi connectivity index (χ0v) is 70.1. The second-order valence-electron chi connectivity index (χ2n) is 31.5. The number of phosphoric acid groups is 2. The fourth-order valence-corrected chi connectivity index (χ4v) is 14.8. The van der Waals surface area contributed by atoms with Crippen LogP contribution in [0.3, 0.4) is 0 Å². The SMILES string of the molecule is CCCCCCCCCCCCCCCCCCCCCCCCC(=O)O[C@H](COC(=O)CCCCCCCCCCCCCCCCCC)COP(=O)(O)OC[C@@H](O)COP(=O)(O)OC[C@@H](COC(=O)CCCCCCCCCCCCC(C)C)OC(=O)CCCCCCCCCCCCC(C)C. The van der Waals surface area contributed by atoms with Gasteiger partial charge >= 0.3 is 39.5 Å². The molecule has 0 radical (unpaired) electrons. The van der Waals surface area contributed by atoms with Gasteiger partial charge in [-0.25, -0.2) is 9.13 Å². The summed E-state index contributed by atoms with van der Waals surface area (Å²) in [6.07, 6.45) is 68.1. The molecule has 0 aromatic rings. The predicted molar refractivity (Wildman–Crippen MR) is 428 cm³/mol. The Morgan fingerprint density at radius 1 is 0.260 bits per heavy atom. The van der Waals surface area contributed by atoms with Crippen LogP contribution in [0, 0.1) is 11.8 Å². The van der Waals surface area contributed by atoms with Crippen LogP contribution < -0.4 is 0 Å². The monoisotopic (exact) mass is 1520 g/mol. The van der Waals surface area contributed by atoms with Crippen molar-refractivity contribution in [2.45, 2.75) is 471 Å². The van der Waals surface area contributed by atoms with Crippen molar-refractivity contribution in [1.29, 1.82) is 0 Å². The molecule has 0 aromatic carbocycles. The lowest BCUT2D eigenvalue weighted by molar-refractivity contribution is -0.161. The highest BCUT2D eigenvalue weighted by atomic mass is 31.2. The number of esters is 4. The third kappa shape index (κ3) is 78.2. The fourth-order valence-electron chi connectivity index (χ4n) is 13.2. The number of hydrogen-bond donors (Lipinski definition) is 3. The van der Waals surface area contributed by atoms with Crippen LogP contribution >= 0.6 is 15.6 Å². The van der Waals surface area contributed by atoms with Crippen molar-refractivity contribution in [2.24, 2.45) is 11.8 Å². The van der Waals surface area contributed by atoms with Crippen molar-refractivity contribution in [1.82, 2.24) is 0 Å². The van der Waals surface area contributed by atoms with E-state index in [1.165, 1.54) is 270 Å². The summed E-state index contributed by atoms with van der Waals surface area (Å²) in [4.78, 5) is 73.2. The number of phosphoric ester groups is 2. The van der Waals surface area contributed by atoms with Gasteiger partial charge in [-0.3, -0.25) is 37.3 Å². The molecule has 0 rings (SSSR count). The molecule has 2 unspecified atom stereocenters. The number of aliphatic hydroxyl groups is 1. The summed E-state index contributed by atoms with van der Waals surface area (Å²) < 4.78 is 68.9. The van der Waals surface area contributed by atoms with E-state index in [4.69, 9.17) is 37.0 Å². The molecule has 0 aliphatic heterocycles. The first-order chi connectivity index (χ1) is 50.4. The Bertz CT molecular complexity index is 1990. The lowest BCUT2D eigenvalue weighted by Crippen LogP contribution is -2.30. The molecule has 618 valence electrons. The van der Waals surface area contributed by atoms with Gasteiger partial charge in [0.05, 0.1) is 26.4 Å². The van der Waals surface area contributed by atoms with Crippen LogP contribution in [-0.2, 0) is 65.4 Å². The van der Waals surface area contributed by atoms with Crippen molar-refractivity contribution in [2.75, 3.05) is 39.6 Å². The maximum Gasteiger partial charge on any atom is 0.472 e. The normalized spacial score (nSPS) is 13.8. The van der Waals surface area contributed by atoms with Crippen molar-refractivity contribution in [3.05, 3.63) is 0 Å². The van der Waals surface area contributed by atoms with Crippen LogP contribution in [0.1, 0.15) is 452 Å². The second-order valence-corrected chi connectivity index (χ2v) is 34.4. The first kappa shape index (κ1) is 102. The molecular weight excluding hydrogens is 1350 g/mol. The van der Waals surface area contributed by atoms with E-state index in [9.17, 15) is 43.2 Å². The summed E-state index contributed by atoms with van der Waals surface area (Å²) in [6.45, 7) is 9.64. The number of aliphatic hydroxyl groups excluding tert-OH is 1. The Morgan fingerprint density at radius 3 is 0.654 bits per heavy atom. The van der Waals surface area contributed by atoms with E-state index in [0.29, 0.717) is 25.7 Å². The summed E-state index contributed by atoms with van der Waals surface area (Å²) in [5.41, 5.74) is 0. The molecule has 0 saturated carbocycles. The van der Waals surface area contributed by atoms with Crippen LogP contribution in [-0.4, -0.2) is 96.7 Å². The summed E-state index contributed by atoms with van der Waals surface area (Å²) in [7, 11) is -9.93. The Kier molecular flexibility index (Phi) is 75.0. The minimum absolute atomic E-state index is 0.106. The third-order valence-electron chi connectivity index (χ3n) is 20.0. The minimum atomic E-state index is -4.96. The van der Waals surface area contributed by atoms with Gasteiger partial charge in [0.1, 0.15) is 19.3 Å². The summed E-state index contributed by atoms with van der Waals surface area (Å²) in [5.74, 6) is -0.594. The topological polar surface area (TPSA) is 237 Å². The highest BCUT2D eigenvalue weighted by Gasteiger charge is 2.30. The molecule has 3 N–H and O–H groups in total. The van der Waals surface area contributed by atoms with Gasteiger partial charge in [0.2, 0.25) is 0 Å². The standard InChI is InChI=1S/C85H166O17P2/c1-7-9-11-13-15-17-19-21-23-25-26-27-28-29-30-32-34-36-45-51-57-63-69-84(89)101-80(73-95-82(87)67-61-55-49-43-35-33-31-24-22-20-18-16-14-12-10-8-2)75-99-103(91,92)97-71-79(86)72-98-104(93,94)100-76-81(102-85(90)70-64-58-52-46-40-38-42-48-54-60-66-78(5)6)74-96-83(88)68-62-56-50-44-39-37-41-47-53-59-65-77(3)4/h77-81,86H,7-76H2,1-6H3,(H,91,92)(H,93,94)/t79-,80-,81-/m1/s1. The van der Waals surface area contributed by atoms with Gasteiger partial charge in [-0.1, -0.05) is 401 Å². The quantitative estimate of drug-likeness (QED) is 0.0222. The Labute approximate surface area is 638 Å². The number of unbranched alkanes of at least 4 members (excludes halogenated alkanes) is 54. The van der Waals surface area contributed by atoms with Crippen molar-refractivity contribution < 1.29 is 80.2 Å². The zero-order chi connectivity index (χ0) is 76.4. The molecule has 0 bridgehead atoms. The van der Waals surface area contributed by atoms with Crippen LogP contribution in [0.5, 0.6) is 0 Å². The fraction of sp³-hybridized carbons (Fsp3) is 0.953. The van der Waals surface area contributed by atoms with Crippen LogP contribution in [0.2, 0.25) is 0 Å². The third-order valence-corrected chi connectivity index (χ3v) is 21.9. The van der Waals surface area contributed by atoms with E-state index in [1.54, 1.807) is 0 Å².